The van der Waals surface area contributed by atoms with Gasteiger partial charge in [0.25, 0.3) is 5.82 Å². The SMILES string of the molecule is C=CC1=NC2CC(=C)n3c([n+](C(C)C)c4ccccc43)-c3c(ccc4c3oc3ccccc34)CCC2c2ccccc21. The normalized spacial score (nSPS) is 18.5. The van der Waals surface area contributed by atoms with Gasteiger partial charge in [-0.15, -0.1) is 0 Å². The molecule has 0 saturated carbocycles. The van der Waals surface area contributed by atoms with E-state index < -0.39 is 0 Å². The zero-order chi connectivity index (χ0) is 28.5. The van der Waals surface area contributed by atoms with Gasteiger partial charge in [0.2, 0.25) is 0 Å². The first-order chi connectivity index (χ1) is 20.5. The lowest BCUT2D eigenvalue weighted by atomic mass is 9.78. The largest absolute Gasteiger partial charge is 0.455 e. The zero-order valence-corrected chi connectivity index (χ0v) is 24.2. The molecule has 42 heavy (non-hydrogen) atoms. The van der Waals surface area contributed by atoms with E-state index in [2.05, 4.69) is 114 Å². The number of furan rings is 1. The highest BCUT2D eigenvalue weighted by Crippen LogP contribution is 2.44. The summed E-state index contributed by atoms with van der Waals surface area (Å²) in [5.41, 5.74) is 11.3. The van der Waals surface area contributed by atoms with E-state index in [1.807, 2.05) is 6.08 Å². The van der Waals surface area contributed by atoms with Crippen molar-refractivity contribution in [3.8, 4) is 11.4 Å². The monoisotopic (exact) mass is 548 g/mol. The van der Waals surface area contributed by atoms with Crippen molar-refractivity contribution in [3.05, 3.63) is 121 Å². The maximum Gasteiger partial charge on any atom is 0.299 e. The van der Waals surface area contributed by atoms with Crippen molar-refractivity contribution in [2.45, 2.75) is 51.1 Å². The minimum atomic E-state index is 0.0818. The van der Waals surface area contributed by atoms with Gasteiger partial charge in [0, 0.05) is 28.7 Å². The second kappa shape index (κ2) is 9.42. The van der Waals surface area contributed by atoms with Crippen molar-refractivity contribution in [1.29, 1.82) is 0 Å². The molecule has 0 spiro atoms. The van der Waals surface area contributed by atoms with Crippen LogP contribution in [-0.2, 0) is 6.42 Å². The summed E-state index contributed by atoms with van der Waals surface area (Å²) in [5, 5.41) is 2.30. The van der Waals surface area contributed by atoms with Gasteiger partial charge >= 0.3 is 0 Å². The standard InChI is InChI=1S/C38H34N3O/c1-5-31-27-13-7-6-12-26(27)28-20-18-25-19-21-30-29-14-8-11-17-35(29)42-37(30)36(25)38-40(23(2)3)33-15-9-10-16-34(33)41(38)24(4)22-32(28)39-31/h5-17,19,21,23,28,32H,1,4,18,20,22H2,2-3H3/q+1. The fraction of sp³-hybridized carbons (Fsp3) is 0.211. The van der Waals surface area contributed by atoms with E-state index in [0.717, 1.165) is 64.0 Å². The van der Waals surface area contributed by atoms with Crippen LogP contribution in [0.1, 0.15) is 55.3 Å². The third kappa shape index (κ3) is 3.54. The first kappa shape index (κ1) is 25.0. The van der Waals surface area contributed by atoms with Gasteiger partial charge in [-0.1, -0.05) is 79.9 Å². The topological polar surface area (TPSA) is 34.3 Å². The number of nitrogens with zero attached hydrogens (tertiary/aromatic N) is 3. The number of para-hydroxylation sites is 3. The van der Waals surface area contributed by atoms with Crippen LogP contribution in [0.2, 0.25) is 0 Å². The molecule has 0 bridgehead atoms. The van der Waals surface area contributed by atoms with Gasteiger partial charge in [-0.25, -0.2) is 4.57 Å². The average molecular weight is 549 g/mol. The predicted molar refractivity (Wildman–Crippen MR) is 173 cm³/mol. The quantitative estimate of drug-likeness (QED) is 0.199. The molecule has 4 heteroatoms. The minimum Gasteiger partial charge on any atom is -0.455 e. The molecule has 0 aliphatic carbocycles. The molecular weight excluding hydrogens is 514 g/mol. The highest BCUT2D eigenvalue weighted by atomic mass is 16.3. The van der Waals surface area contributed by atoms with Gasteiger partial charge < -0.3 is 4.42 Å². The maximum atomic E-state index is 6.74. The van der Waals surface area contributed by atoms with Crippen LogP contribution in [0.25, 0.3) is 50.1 Å². The van der Waals surface area contributed by atoms with Gasteiger partial charge in [0.05, 0.1) is 17.8 Å². The number of imidazole rings is 1. The number of rotatable bonds is 2. The van der Waals surface area contributed by atoms with E-state index in [4.69, 9.17) is 16.0 Å². The number of hydrogen-bond donors (Lipinski definition) is 0. The summed E-state index contributed by atoms with van der Waals surface area (Å²) in [6.07, 6.45) is 4.57. The zero-order valence-electron chi connectivity index (χ0n) is 24.2. The van der Waals surface area contributed by atoms with E-state index in [1.165, 1.54) is 27.8 Å². The summed E-state index contributed by atoms with van der Waals surface area (Å²) in [6.45, 7) is 13.4. The smallest absolute Gasteiger partial charge is 0.299 e. The molecule has 2 aliphatic rings. The van der Waals surface area contributed by atoms with Gasteiger partial charge in [-0.3, -0.25) is 4.99 Å². The lowest BCUT2D eigenvalue weighted by Gasteiger charge is -2.32. The van der Waals surface area contributed by atoms with Crippen LogP contribution < -0.4 is 4.57 Å². The maximum absolute atomic E-state index is 6.74. The molecule has 0 saturated heterocycles. The van der Waals surface area contributed by atoms with Gasteiger partial charge in [0.15, 0.2) is 16.6 Å². The van der Waals surface area contributed by atoms with Gasteiger partial charge in [-0.05, 0) is 62.1 Å². The highest BCUT2D eigenvalue weighted by molar-refractivity contribution is 6.11. The number of aryl methyl sites for hydroxylation is 1. The lowest BCUT2D eigenvalue weighted by Crippen LogP contribution is -2.38. The third-order valence-electron chi connectivity index (χ3n) is 9.28. The molecule has 0 fully saturated rings. The second-order valence-electron chi connectivity index (χ2n) is 12.0. The molecule has 2 unspecified atom stereocenters. The van der Waals surface area contributed by atoms with Crippen molar-refractivity contribution in [2.24, 2.45) is 4.99 Å². The van der Waals surface area contributed by atoms with Gasteiger partial charge in [0.1, 0.15) is 16.8 Å². The van der Waals surface area contributed by atoms with E-state index >= 15 is 0 Å². The van der Waals surface area contributed by atoms with Crippen LogP contribution in [0.3, 0.4) is 0 Å². The molecule has 6 aromatic rings. The number of allylic oxidation sites excluding steroid dienone is 1. The van der Waals surface area contributed by atoms with Gasteiger partial charge in [-0.2, -0.15) is 4.57 Å². The minimum absolute atomic E-state index is 0.0818. The van der Waals surface area contributed by atoms with Crippen LogP contribution in [-0.4, -0.2) is 16.3 Å². The number of benzene rings is 4. The summed E-state index contributed by atoms with van der Waals surface area (Å²) < 4.78 is 11.6. The third-order valence-corrected chi connectivity index (χ3v) is 9.28. The molecule has 0 N–H and O–H groups in total. The Labute approximate surface area is 245 Å². The summed E-state index contributed by atoms with van der Waals surface area (Å²) in [6, 6.07) is 30.7. The second-order valence-corrected chi connectivity index (χ2v) is 12.0. The van der Waals surface area contributed by atoms with Crippen molar-refractivity contribution in [3.63, 3.8) is 0 Å². The van der Waals surface area contributed by atoms with Crippen molar-refractivity contribution < 1.29 is 8.98 Å². The molecule has 8 rings (SSSR count). The highest BCUT2D eigenvalue weighted by Gasteiger charge is 2.38. The van der Waals surface area contributed by atoms with Crippen LogP contribution in [0.5, 0.6) is 0 Å². The number of fused-ring (bicyclic) bond motifs is 12. The lowest BCUT2D eigenvalue weighted by molar-refractivity contribution is -0.680. The summed E-state index contributed by atoms with van der Waals surface area (Å²) in [7, 11) is 0. The molecule has 0 amide bonds. The Kier molecular flexibility index (Phi) is 5.62. The van der Waals surface area contributed by atoms with Crippen LogP contribution in [0.4, 0.5) is 0 Å². The molecule has 4 heterocycles. The Bertz CT molecular complexity index is 2100. The van der Waals surface area contributed by atoms with Crippen LogP contribution in [0, 0.1) is 0 Å². The van der Waals surface area contributed by atoms with E-state index in [1.54, 1.807) is 0 Å². The molecule has 0 radical (unpaired) electrons. The first-order valence-corrected chi connectivity index (χ1v) is 15.0. The Balaban J connectivity index is 1.47. The molecule has 2 aliphatic heterocycles. The fourth-order valence-electron chi connectivity index (χ4n) is 7.49. The van der Waals surface area contributed by atoms with E-state index in [-0.39, 0.29) is 18.0 Å². The van der Waals surface area contributed by atoms with E-state index in [0.29, 0.717) is 0 Å². The summed E-state index contributed by atoms with van der Waals surface area (Å²) in [5.74, 6) is 1.42. The number of hydrogen-bond acceptors (Lipinski definition) is 2. The molecule has 2 atom stereocenters. The van der Waals surface area contributed by atoms with Crippen LogP contribution in [0.15, 0.2) is 114 Å². The average Bonchev–Trinajstić information content (AvgIpc) is 3.56. The summed E-state index contributed by atoms with van der Waals surface area (Å²) >= 11 is 0. The Morgan fingerprint density at radius 2 is 1.74 bits per heavy atom. The van der Waals surface area contributed by atoms with Crippen LogP contribution >= 0.6 is 0 Å². The molecule has 4 nitrogen and oxygen atoms in total. The van der Waals surface area contributed by atoms with Crippen molar-refractivity contribution in [1.82, 2.24) is 4.57 Å². The Morgan fingerprint density at radius 3 is 2.60 bits per heavy atom. The van der Waals surface area contributed by atoms with Crippen molar-refractivity contribution in [2.75, 3.05) is 0 Å². The molecule has 2 aromatic heterocycles. The number of aliphatic imine (C=N–C) groups is 1. The summed E-state index contributed by atoms with van der Waals surface area (Å²) in [4.78, 5) is 5.32. The molecular formula is C38H34N3O+. The molecule has 206 valence electrons. The number of aromatic nitrogens is 2. The van der Waals surface area contributed by atoms with E-state index in [9.17, 15) is 0 Å². The Hall–Kier alpha value is -4.70. The first-order valence-electron chi connectivity index (χ1n) is 15.0. The Morgan fingerprint density at radius 1 is 0.952 bits per heavy atom. The van der Waals surface area contributed by atoms with Crippen molar-refractivity contribution >= 4 is 44.4 Å². The predicted octanol–water partition coefficient (Wildman–Crippen LogP) is 9.02. The fourth-order valence-corrected chi connectivity index (χ4v) is 7.49. The molecule has 4 aromatic carbocycles.